The molecule has 7 heteroatoms. The van der Waals surface area contributed by atoms with E-state index in [2.05, 4.69) is 52.5 Å². The first-order valence-electron chi connectivity index (χ1n) is 11.6. The van der Waals surface area contributed by atoms with Gasteiger partial charge in [0.05, 0.1) is 6.04 Å². The van der Waals surface area contributed by atoms with Crippen molar-refractivity contribution in [2.45, 2.75) is 52.0 Å². The molecule has 2 atom stereocenters. The summed E-state index contributed by atoms with van der Waals surface area (Å²) in [6, 6.07) is 12.6. The predicted octanol–water partition coefficient (Wildman–Crippen LogP) is 4.75. The fourth-order valence-corrected chi connectivity index (χ4v) is 4.75. The Hall–Kier alpha value is -2.41. The second kappa shape index (κ2) is 10.3. The second-order valence-electron chi connectivity index (χ2n) is 8.88. The molecule has 3 heterocycles. The molecule has 0 unspecified atom stereocenters. The normalized spacial score (nSPS) is 20.3. The summed E-state index contributed by atoms with van der Waals surface area (Å²) in [6.07, 6.45) is 6.24. The number of aromatic nitrogens is 2. The van der Waals surface area contributed by atoms with Crippen molar-refractivity contribution in [2.24, 2.45) is 5.92 Å². The van der Waals surface area contributed by atoms with Crippen LogP contribution in [0.3, 0.4) is 0 Å². The Kier molecular flexibility index (Phi) is 7.22. The first kappa shape index (κ1) is 21.8. The number of hydrogen-bond donors (Lipinski definition) is 2. The lowest BCUT2D eigenvalue weighted by Gasteiger charge is -2.33. The van der Waals surface area contributed by atoms with Crippen molar-refractivity contribution in [1.82, 2.24) is 15.3 Å². The molecule has 1 aromatic heterocycles. The number of rotatable bonds is 5. The van der Waals surface area contributed by atoms with Gasteiger partial charge in [-0.1, -0.05) is 37.3 Å². The molecule has 0 bridgehead atoms. The van der Waals surface area contributed by atoms with Crippen molar-refractivity contribution in [3.8, 4) is 0 Å². The predicted molar refractivity (Wildman–Crippen MR) is 133 cm³/mol. The Bertz CT molecular complexity index is 868. The van der Waals surface area contributed by atoms with E-state index in [-0.39, 0.29) is 6.04 Å². The lowest BCUT2D eigenvalue weighted by atomic mass is 10.0. The molecule has 2 aromatic rings. The van der Waals surface area contributed by atoms with Crippen molar-refractivity contribution in [3.05, 3.63) is 42.0 Å². The van der Waals surface area contributed by atoms with E-state index in [1.165, 1.54) is 37.7 Å². The third kappa shape index (κ3) is 5.85. The maximum atomic E-state index is 5.60. The number of thiocarbonyl (C=S) groups is 1. The van der Waals surface area contributed by atoms with Gasteiger partial charge in [-0.15, -0.1) is 0 Å². The van der Waals surface area contributed by atoms with E-state index in [0.29, 0.717) is 17.0 Å². The Morgan fingerprint density at radius 1 is 1.00 bits per heavy atom. The van der Waals surface area contributed by atoms with Crippen LogP contribution in [0.15, 0.2) is 36.4 Å². The third-order valence-corrected chi connectivity index (χ3v) is 6.45. The summed E-state index contributed by atoms with van der Waals surface area (Å²) in [5.74, 6) is 3.27. The second-order valence-corrected chi connectivity index (χ2v) is 9.29. The molecule has 0 saturated carbocycles. The fourth-order valence-electron chi connectivity index (χ4n) is 4.48. The molecule has 2 aliphatic rings. The van der Waals surface area contributed by atoms with Crippen LogP contribution in [0.2, 0.25) is 0 Å². The maximum Gasteiger partial charge on any atom is 0.232 e. The summed E-state index contributed by atoms with van der Waals surface area (Å²) in [6.45, 7) is 8.63. The van der Waals surface area contributed by atoms with E-state index >= 15 is 0 Å². The van der Waals surface area contributed by atoms with E-state index in [1.54, 1.807) is 0 Å². The van der Waals surface area contributed by atoms with Gasteiger partial charge in [-0.3, -0.25) is 0 Å². The molecule has 0 aliphatic carbocycles. The van der Waals surface area contributed by atoms with Crippen LogP contribution in [0.1, 0.15) is 57.6 Å². The van der Waals surface area contributed by atoms with Gasteiger partial charge < -0.3 is 20.4 Å². The van der Waals surface area contributed by atoms with Crippen LogP contribution >= 0.6 is 12.2 Å². The van der Waals surface area contributed by atoms with Gasteiger partial charge in [0.15, 0.2) is 5.11 Å². The number of nitrogens with zero attached hydrogens (tertiary/aromatic N) is 4. The maximum absolute atomic E-state index is 5.60. The highest BCUT2D eigenvalue weighted by molar-refractivity contribution is 7.80. The lowest BCUT2D eigenvalue weighted by Crippen LogP contribution is -2.36. The quantitative estimate of drug-likeness (QED) is 0.653. The molecule has 0 spiro atoms. The molecular weight excluding hydrogens is 404 g/mol. The molecule has 1 aromatic carbocycles. The molecular formula is C24H34N6S. The van der Waals surface area contributed by atoms with Crippen LogP contribution in [0.25, 0.3) is 0 Å². The van der Waals surface area contributed by atoms with Crippen molar-refractivity contribution in [3.63, 3.8) is 0 Å². The first-order chi connectivity index (χ1) is 15.1. The van der Waals surface area contributed by atoms with Crippen LogP contribution in [0.4, 0.5) is 17.6 Å². The summed E-state index contributed by atoms with van der Waals surface area (Å²) in [4.78, 5) is 14.5. The zero-order valence-corrected chi connectivity index (χ0v) is 19.5. The van der Waals surface area contributed by atoms with Crippen LogP contribution in [0.5, 0.6) is 0 Å². The van der Waals surface area contributed by atoms with E-state index < -0.39 is 0 Å². The Balaban J connectivity index is 1.52. The van der Waals surface area contributed by atoms with Crippen LogP contribution < -0.4 is 20.4 Å². The molecule has 2 fully saturated rings. The van der Waals surface area contributed by atoms with Gasteiger partial charge in [0, 0.05) is 32.2 Å². The number of nitrogens with one attached hydrogen (secondary N) is 2. The number of hydrogen-bond acceptors (Lipinski definition) is 5. The molecule has 166 valence electrons. The average Bonchev–Trinajstić information content (AvgIpc) is 2.80. The summed E-state index contributed by atoms with van der Waals surface area (Å²) >= 11 is 5.60. The highest BCUT2D eigenvalue weighted by Crippen LogP contribution is 2.27. The highest BCUT2D eigenvalue weighted by Gasteiger charge is 2.21. The molecule has 2 aliphatic heterocycles. The van der Waals surface area contributed by atoms with E-state index in [9.17, 15) is 0 Å². The third-order valence-electron chi connectivity index (χ3n) is 6.23. The van der Waals surface area contributed by atoms with Crippen molar-refractivity contribution < 1.29 is 0 Å². The van der Waals surface area contributed by atoms with Crippen molar-refractivity contribution >= 4 is 34.9 Å². The summed E-state index contributed by atoms with van der Waals surface area (Å²) in [7, 11) is 0. The number of benzene rings is 1. The Morgan fingerprint density at radius 3 is 2.39 bits per heavy atom. The van der Waals surface area contributed by atoms with Gasteiger partial charge >= 0.3 is 0 Å². The van der Waals surface area contributed by atoms with Crippen LogP contribution in [-0.4, -0.2) is 41.3 Å². The van der Waals surface area contributed by atoms with E-state index in [4.69, 9.17) is 22.2 Å². The smallest absolute Gasteiger partial charge is 0.232 e. The minimum Gasteiger partial charge on any atom is -0.356 e. The topological polar surface area (TPSA) is 56.3 Å². The minimum absolute atomic E-state index is 0.105. The molecule has 31 heavy (non-hydrogen) atoms. The standard InChI is InChI=1S/C24H34N6S/c1-18-10-9-15-30(17-18)22-16-21(29-13-7-4-8-14-29)26-23(27-22)28-24(31)25-19(2)20-11-5-3-6-12-20/h3,5-6,11-12,16,18-19H,4,7-10,13-15,17H2,1-2H3,(H2,25,26,27,28,31)/t18-,19-/m1/s1. The zero-order chi connectivity index (χ0) is 21.6. The number of anilines is 3. The van der Waals surface area contributed by atoms with Crippen LogP contribution in [-0.2, 0) is 0 Å². The molecule has 0 radical (unpaired) electrons. The van der Waals surface area contributed by atoms with Gasteiger partial charge in [-0.2, -0.15) is 9.97 Å². The average molecular weight is 439 g/mol. The molecule has 2 N–H and O–H groups in total. The van der Waals surface area contributed by atoms with Gasteiger partial charge in [0.1, 0.15) is 11.6 Å². The highest BCUT2D eigenvalue weighted by atomic mass is 32.1. The summed E-state index contributed by atoms with van der Waals surface area (Å²) < 4.78 is 0. The summed E-state index contributed by atoms with van der Waals surface area (Å²) in [5, 5.41) is 7.17. The summed E-state index contributed by atoms with van der Waals surface area (Å²) in [5.41, 5.74) is 1.19. The minimum atomic E-state index is 0.105. The van der Waals surface area contributed by atoms with Crippen molar-refractivity contribution in [1.29, 1.82) is 0 Å². The van der Waals surface area contributed by atoms with Gasteiger partial charge in [0.2, 0.25) is 5.95 Å². The molecule has 2 saturated heterocycles. The SMILES string of the molecule is C[C@@H]1CCCN(c2cc(N3CCCCC3)nc(NC(=S)N[C@H](C)c3ccccc3)n2)C1. The number of piperidine rings is 2. The zero-order valence-electron chi connectivity index (χ0n) is 18.7. The monoisotopic (exact) mass is 438 g/mol. The van der Waals surface area contributed by atoms with E-state index in [1.807, 2.05) is 18.2 Å². The van der Waals surface area contributed by atoms with E-state index in [0.717, 1.165) is 37.8 Å². The van der Waals surface area contributed by atoms with Crippen LogP contribution in [0, 0.1) is 5.92 Å². The molecule has 4 rings (SSSR count). The molecule has 6 nitrogen and oxygen atoms in total. The lowest BCUT2D eigenvalue weighted by molar-refractivity contribution is 0.444. The first-order valence-corrected chi connectivity index (χ1v) is 12.0. The fraction of sp³-hybridized carbons (Fsp3) is 0.542. The largest absolute Gasteiger partial charge is 0.356 e. The van der Waals surface area contributed by atoms with Crippen molar-refractivity contribution in [2.75, 3.05) is 41.3 Å². The Morgan fingerprint density at radius 2 is 1.68 bits per heavy atom. The van der Waals surface area contributed by atoms with Gasteiger partial charge in [-0.25, -0.2) is 0 Å². The van der Waals surface area contributed by atoms with Gasteiger partial charge in [-0.05, 0) is 62.7 Å². The van der Waals surface area contributed by atoms with Gasteiger partial charge in [0.25, 0.3) is 0 Å². The molecule has 0 amide bonds. The Labute approximate surface area is 191 Å².